The minimum absolute atomic E-state index is 0.209. The molecule has 0 aliphatic carbocycles. The van der Waals surface area contributed by atoms with Gasteiger partial charge in [0.1, 0.15) is 10.7 Å². The van der Waals surface area contributed by atoms with E-state index in [0.29, 0.717) is 28.9 Å². The minimum atomic E-state index is -4.12. The first-order valence-corrected chi connectivity index (χ1v) is 9.13. The van der Waals surface area contributed by atoms with Crippen molar-refractivity contribution >= 4 is 38.2 Å². The highest BCUT2D eigenvalue weighted by molar-refractivity contribution is 7.92. The summed E-state index contributed by atoms with van der Waals surface area (Å²) in [5.74, 6) is -1.12. The number of H-pyrrole nitrogens is 1. The molecule has 2 aromatic carbocycles. The van der Waals surface area contributed by atoms with Gasteiger partial charge >= 0.3 is 0 Å². The van der Waals surface area contributed by atoms with Crippen LogP contribution in [-0.2, 0) is 21.2 Å². The fourth-order valence-corrected chi connectivity index (χ4v) is 4.14. The van der Waals surface area contributed by atoms with E-state index < -0.39 is 20.7 Å². The highest BCUT2D eigenvalue weighted by Gasteiger charge is 2.25. The number of hydrogen-bond acceptors (Lipinski definition) is 3. The smallest absolute Gasteiger partial charge is 0.264 e. The normalized spacial score (nSPS) is 14.2. The molecule has 1 amide bonds. The Morgan fingerprint density at radius 3 is 2.80 bits per heavy atom. The molecule has 8 heteroatoms. The Labute approximate surface area is 143 Å². The maximum atomic E-state index is 14.4. The number of nitrogens with one attached hydrogen (secondary N) is 3. The van der Waals surface area contributed by atoms with E-state index in [2.05, 4.69) is 15.0 Å². The number of para-hydroxylation sites is 1. The van der Waals surface area contributed by atoms with Gasteiger partial charge in [0, 0.05) is 23.7 Å². The number of benzene rings is 2. The van der Waals surface area contributed by atoms with Crippen molar-refractivity contribution in [2.75, 3.05) is 10.0 Å². The number of anilines is 2. The van der Waals surface area contributed by atoms with Gasteiger partial charge in [-0.2, -0.15) is 0 Å². The van der Waals surface area contributed by atoms with Crippen LogP contribution in [0, 0.1) is 5.82 Å². The van der Waals surface area contributed by atoms with E-state index >= 15 is 0 Å². The van der Waals surface area contributed by atoms with Crippen molar-refractivity contribution in [3.05, 3.63) is 54.0 Å². The van der Waals surface area contributed by atoms with E-state index in [1.165, 1.54) is 6.07 Å². The highest BCUT2D eigenvalue weighted by Crippen LogP contribution is 2.30. The second kappa shape index (κ2) is 5.59. The van der Waals surface area contributed by atoms with E-state index in [1.807, 2.05) is 12.1 Å². The van der Waals surface area contributed by atoms with E-state index in [4.69, 9.17) is 0 Å². The van der Waals surface area contributed by atoms with Gasteiger partial charge in [0.25, 0.3) is 10.0 Å². The van der Waals surface area contributed by atoms with E-state index in [1.54, 1.807) is 18.3 Å². The summed E-state index contributed by atoms with van der Waals surface area (Å²) >= 11 is 0. The van der Waals surface area contributed by atoms with Crippen molar-refractivity contribution in [2.45, 2.75) is 17.7 Å². The Bertz CT molecular complexity index is 1110. The number of sulfonamides is 1. The van der Waals surface area contributed by atoms with Gasteiger partial charge in [0.2, 0.25) is 5.91 Å². The van der Waals surface area contributed by atoms with Crippen molar-refractivity contribution in [2.24, 2.45) is 0 Å². The maximum Gasteiger partial charge on any atom is 0.264 e. The van der Waals surface area contributed by atoms with Crippen LogP contribution < -0.4 is 10.0 Å². The van der Waals surface area contributed by atoms with Gasteiger partial charge in [0.05, 0.1) is 11.2 Å². The molecular formula is C17H14FN3O3S. The van der Waals surface area contributed by atoms with Crippen LogP contribution >= 0.6 is 0 Å². The summed E-state index contributed by atoms with van der Waals surface area (Å²) < 4.78 is 42.2. The van der Waals surface area contributed by atoms with Gasteiger partial charge in [-0.05, 0) is 36.2 Å². The molecule has 25 heavy (non-hydrogen) atoms. The molecule has 0 fully saturated rings. The van der Waals surface area contributed by atoms with Gasteiger partial charge in [-0.25, -0.2) is 12.8 Å². The maximum absolute atomic E-state index is 14.4. The van der Waals surface area contributed by atoms with Gasteiger partial charge in [-0.1, -0.05) is 12.1 Å². The Hall–Kier alpha value is -2.87. The minimum Gasteiger partial charge on any atom is -0.359 e. The van der Waals surface area contributed by atoms with Crippen LogP contribution in [0.3, 0.4) is 0 Å². The summed E-state index contributed by atoms with van der Waals surface area (Å²) in [5.41, 5.74) is 1.88. The first-order valence-electron chi connectivity index (χ1n) is 7.65. The average molecular weight is 359 g/mol. The molecular weight excluding hydrogens is 345 g/mol. The molecule has 2 heterocycles. The van der Waals surface area contributed by atoms with Crippen molar-refractivity contribution in [3.63, 3.8) is 0 Å². The van der Waals surface area contributed by atoms with Gasteiger partial charge < -0.3 is 10.3 Å². The third-order valence-electron chi connectivity index (χ3n) is 4.17. The summed E-state index contributed by atoms with van der Waals surface area (Å²) in [7, 11) is -4.12. The third kappa shape index (κ3) is 2.74. The third-order valence-corrected chi connectivity index (χ3v) is 5.55. The molecule has 0 spiro atoms. The van der Waals surface area contributed by atoms with E-state index in [-0.39, 0.29) is 12.3 Å². The summed E-state index contributed by atoms with van der Waals surface area (Å²) in [6, 6.07) is 9.30. The second-order valence-electron chi connectivity index (χ2n) is 5.84. The topological polar surface area (TPSA) is 91.1 Å². The van der Waals surface area contributed by atoms with Crippen molar-refractivity contribution in [3.8, 4) is 0 Å². The summed E-state index contributed by atoms with van der Waals surface area (Å²) in [6.07, 6.45) is 2.31. The largest absolute Gasteiger partial charge is 0.359 e. The molecule has 0 bridgehead atoms. The van der Waals surface area contributed by atoms with Crippen molar-refractivity contribution < 1.29 is 17.6 Å². The number of halogens is 1. The molecule has 0 radical (unpaired) electrons. The molecule has 4 rings (SSSR count). The number of aromatic nitrogens is 1. The Morgan fingerprint density at radius 1 is 1.12 bits per heavy atom. The molecule has 128 valence electrons. The van der Waals surface area contributed by atoms with Crippen LogP contribution in [0.5, 0.6) is 0 Å². The zero-order valence-electron chi connectivity index (χ0n) is 13.0. The average Bonchev–Trinajstić information content (AvgIpc) is 3.03. The molecule has 3 aromatic rings. The molecule has 0 saturated carbocycles. The van der Waals surface area contributed by atoms with Gasteiger partial charge in [0.15, 0.2) is 0 Å². The molecule has 0 unspecified atom stereocenters. The predicted octanol–water partition coefficient (Wildman–Crippen LogP) is 2.99. The predicted molar refractivity (Wildman–Crippen MR) is 92.5 cm³/mol. The highest BCUT2D eigenvalue weighted by atomic mass is 32.2. The van der Waals surface area contributed by atoms with Gasteiger partial charge in [-0.3, -0.25) is 9.52 Å². The lowest BCUT2D eigenvalue weighted by molar-refractivity contribution is -0.116. The number of aromatic amines is 1. The number of amides is 1. The number of rotatable bonds is 3. The van der Waals surface area contributed by atoms with Crippen LogP contribution in [0.2, 0.25) is 0 Å². The standard InChI is InChI=1S/C17H14FN3O3S/c18-12-9-14-11(4-5-16(22)20-14)8-15(12)25(23,24)21-13-3-1-2-10-6-7-19-17(10)13/h1-3,6-9,19,21H,4-5H2,(H,20,22). The lowest BCUT2D eigenvalue weighted by Crippen LogP contribution is -2.21. The number of carbonyl (C=O) groups is 1. The van der Waals surface area contributed by atoms with E-state index in [9.17, 15) is 17.6 Å². The fourth-order valence-electron chi connectivity index (χ4n) is 2.96. The number of aryl methyl sites for hydroxylation is 1. The first kappa shape index (κ1) is 15.6. The van der Waals surface area contributed by atoms with Gasteiger partial charge in [-0.15, -0.1) is 0 Å². The Balaban J connectivity index is 1.76. The molecule has 1 aliphatic heterocycles. The van der Waals surface area contributed by atoms with Crippen LogP contribution in [-0.4, -0.2) is 19.3 Å². The molecule has 1 aliphatic rings. The molecule has 0 saturated heterocycles. The quantitative estimate of drug-likeness (QED) is 0.671. The SMILES string of the molecule is O=C1CCc2cc(S(=O)(=O)Nc3cccc4cc[nH]c34)c(F)cc2N1. The van der Waals surface area contributed by atoms with Crippen LogP contribution in [0.25, 0.3) is 10.9 Å². The molecule has 0 atom stereocenters. The molecule has 3 N–H and O–H groups in total. The number of carbonyl (C=O) groups excluding carboxylic acids is 1. The zero-order chi connectivity index (χ0) is 17.6. The first-order chi connectivity index (χ1) is 11.9. The lowest BCUT2D eigenvalue weighted by Gasteiger charge is -2.18. The zero-order valence-corrected chi connectivity index (χ0v) is 13.8. The summed E-state index contributed by atoms with van der Waals surface area (Å²) in [5, 5.41) is 3.39. The number of fused-ring (bicyclic) bond motifs is 2. The molecule has 1 aromatic heterocycles. The van der Waals surface area contributed by atoms with Crippen LogP contribution in [0.1, 0.15) is 12.0 Å². The van der Waals surface area contributed by atoms with Crippen LogP contribution in [0.4, 0.5) is 15.8 Å². The lowest BCUT2D eigenvalue weighted by atomic mass is 10.0. The van der Waals surface area contributed by atoms with Crippen LogP contribution in [0.15, 0.2) is 47.5 Å². The van der Waals surface area contributed by atoms with Crippen molar-refractivity contribution in [1.29, 1.82) is 0 Å². The summed E-state index contributed by atoms with van der Waals surface area (Å²) in [4.78, 5) is 13.9. The fraction of sp³-hybridized carbons (Fsp3) is 0.118. The monoisotopic (exact) mass is 359 g/mol. The Morgan fingerprint density at radius 2 is 1.96 bits per heavy atom. The summed E-state index contributed by atoms with van der Waals surface area (Å²) in [6.45, 7) is 0. The second-order valence-corrected chi connectivity index (χ2v) is 7.49. The van der Waals surface area contributed by atoms with E-state index in [0.717, 1.165) is 11.5 Å². The Kier molecular flexibility index (Phi) is 3.50. The molecule has 6 nitrogen and oxygen atoms in total. The number of hydrogen-bond donors (Lipinski definition) is 3. The van der Waals surface area contributed by atoms with Crippen molar-refractivity contribution in [1.82, 2.24) is 4.98 Å².